The maximum absolute atomic E-state index is 12.3. The van der Waals surface area contributed by atoms with E-state index in [9.17, 15) is 4.79 Å². The van der Waals surface area contributed by atoms with Gasteiger partial charge in [0, 0.05) is 10.2 Å². The number of nitrogen functional groups attached to an aromatic ring is 1. The molecule has 0 unspecified atom stereocenters. The number of pyridine rings is 1. The normalized spacial score (nSPS) is 10.4. The summed E-state index contributed by atoms with van der Waals surface area (Å²) in [5, 5.41) is 3.10. The number of anilines is 2. The van der Waals surface area contributed by atoms with Crippen molar-refractivity contribution in [2.45, 2.75) is 13.8 Å². The number of aromatic nitrogens is 1. The average Bonchev–Trinajstić information content (AvgIpc) is 2.36. The minimum Gasteiger partial charge on any atom is -0.384 e. The predicted molar refractivity (Wildman–Crippen MR) is 85.2 cm³/mol. The topological polar surface area (TPSA) is 68.0 Å². The van der Waals surface area contributed by atoms with Crippen molar-refractivity contribution in [3.8, 4) is 0 Å². The van der Waals surface area contributed by atoms with Gasteiger partial charge in [-0.15, -0.1) is 0 Å². The smallest absolute Gasteiger partial charge is 0.275 e. The second-order valence-corrected chi connectivity index (χ2v) is 5.76. The number of nitrogens with two attached hydrogens (primary N) is 1. The molecule has 0 saturated carbocycles. The summed E-state index contributed by atoms with van der Waals surface area (Å²) in [4.78, 5) is 16.2. The lowest BCUT2D eigenvalue weighted by molar-refractivity contribution is 0.102. The van der Waals surface area contributed by atoms with Gasteiger partial charge in [0.2, 0.25) is 0 Å². The van der Waals surface area contributed by atoms with Crippen LogP contribution >= 0.6 is 27.5 Å². The van der Waals surface area contributed by atoms with E-state index < -0.39 is 0 Å². The Hall–Kier alpha value is -1.59. The SMILES string of the molecule is Cc1cc(Br)cc(C)c1NC(=O)c1nc(N)ccc1Cl. The summed E-state index contributed by atoms with van der Waals surface area (Å²) in [6.45, 7) is 3.84. The van der Waals surface area contributed by atoms with Gasteiger partial charge in [-0.2, -0.15) is 0 Å². The Bertz CT molecular complexity index is 665. The molecule has 104 valence electrons. The molecule has 1 aromatic heterocycles. The lowest BCUT2D eigenvalue weighted by atomic mass is 10.1. The summed E-state index contributed by atoms with van der Waals surface area (Å²) >= 11 is 9.39. The highest BCUT2D eigenvalue weighted by molar-refractivity contribution is 9.10. The van der Waals surface area contributed by atoms with E-state index in [0.29, 0.717) is 0 Å². The molecule has 0 saturated heterocycles. The highest BCUT2D eigenvalue weighted by Gasteiger charge is 2.15. The van der Waals surface area contributed by atoms with Crippen LogP contribution in [-0.4, -0.2) is 10.9 Å². The lowest BCUT2D eigenvalue weighted by Gasteiger charge is -2.12. The maximum Gasteiger partial charge on any atom is 0.275 e. The molecular weight excluding hydrogens is 342 g/mol. The fourth-order valence-corrected chi connectivity index (χ4v) is 2.77. The molecule has 1 heterocycles. The van der Waals surface area contributed by atoms with Gasteiger partial charge in [-0.3, -0.25) is 4.79 Å². The number of rotatable bonds is 2. The highest BCUT2D eigenvalue weighted by Crippen LogP contribution is 2.26. The lowest BCUT2D eigenvalue weighted by Crippen LogP contribution is -2.16. The van der Waals surface area contributed by atoms with Gasteiger partial charge in [0.1, 0.15) is 11.5 Å². The molecule has 0 aliphatic heterocycles. The predicted octanol–water partition coefficient (Wildman–Crippen LogP) is 3.95. The van der Waals surface area contributed by atoms with Crippen molar-refractivity contribution in [2.24, 2.45) is 0 Å². The number of amides is 1. The van der Waals surface area contributed by atoms with E-state index in [1.165, 1.54) is 0 Å². The van der Waals surface area contributed by atoms with Crippen molar-refractivity contribution in [3.05, 3.63) is 50.6 Å². The molecule has 1 amide bonds. The molecule has 0 atom stereocenters. The van der Waals surface area contributed by atoms with Gasteiger partial charge in [0.25, 0.3) is 5.91 Å². The van der Waals surface area contributed by atoms with Gasteiger partial charge in [-0.1, -0.05) is 27.5 Å². The number of nitrogens with zero attached hydrogens (tertiary/aromatic N) is 1. The molecule has 0 fully saturated rings. The van der Waals surface area contributed by atoms with E-state index in [4.69, 9.17) is 17.3 Å². The van der Waals surface area contributed by atoms with E-state index >= 15 is 0 Å². The monoisotopic (exact) mass is 353 g/mol. The molecule has 3 N–H and O–H groups in total. The molecule has 2 rings (SSSR count). The molecular formula is C14H13BrClN3O. The summed E-state index contributed by atoms with van der Waals surface area (Å²) in [7, 11) is 0. The number of halogens is 2. The number of carbonyl (C=O) groups excluding carboxylic acids is 1. The standard InChI is InChI=1S/C14H13BrClN3O/c1-7-5-9(15)6-8(2)12(7)19-14(20)13-10(16)3-4-11(17)18-13/h3-6H,1-2H3,(H2,17,18)(H,19,20). The number of aryl methyl sites for hydroxylation is 2. The number of hydrogen-bond donors (Lipinski definition) is 2. The molecule has 0 radical (unpaired) electrons. The molecule has 0 aliphatic rings. The number of benzene rings is 1. The van der Waals surface area contributed by atoms with Crippen LogP contribution in [0.1, 0.15) is 21.6 Å². The van der Waals surface area contributed by atoms with Crippen molar-refractivity contribution in [1.82, 2.24) is 4.98 Å². The summed E-state index contributed by atoms with van der Waals surface area (Å²) < 4.78 is 0.964. The number of carbonyl (C=O) groups is 1. The number of hydrogen-bond acceptors (Lipinski definition) is 3. The van der Waals surface area contributed by atoms with Gasteiger partial charge in [0.15, 0.2) is 0 Å². The Morgan fingerprint density at radius 1 is 1.30 bits per heavy atom. The zero-order valence-corrected chi connectivity index (χ0v) is 13.3. The zero-order chi connectivity index (χ0) is 14.9. The van der Waals surface area contributed by atoms with Gasteiger partial charge in [-0.05, 0) is 49.2 Å². The first-order chi connectivity index (χ1) is 9.38. The van der Waals surface area contributed by atoms with E-state index in [0.717, 1.165) is 21.3 Å². The van der Waals surface area contributed by atoms with Crippen molar-refractivity contribution in [2.75, 3.05) is 11.1 Å². The molecule has 0 spiro atoms. The van der Waals surface area contributed by atoms with Crippen LogP contribution < -0.4 is 11.1 Å². The Labute approximate surface area is 130 Å². The molecule has 20 heavy (non-hydrogen) atoms. The molecule has 4 nitrogen and oxygen atoms in total. The largest absolute Gasteiger partial charge is 0.384 e. The molecule has 2 aromatic rings. The second kappa shape index (κ2) is 5.81. The first kappa shape index (κ1) is 14.8. The van der Waals surface area contributed by atoms with E-state index in [1.54, 1.807) is 12.1 Å². The summed E-state index contributed by atoms with van der Waals surface area (Å²) in [6.07, 6.45) is 0. The van der Waals surface area contributed by atoms with Crippen LogP contribution in [0.2, 0.25) is 5.02 Å². The first-order valence-corrected chi connectivity index (χ1v) is 7.05. The van der Waals surface area contributed by atoms with Crippen LogP contribution in [0, 0.1) is 13.8 Å². The third-order valence-corrected chi connectivity index (χ3v) is 3.58. The maximum atomic E-state index is 12.3. The molecule has 6 heteroatoms. The summed E-state index contributed by atoms with van der Waals surface area (Å²) in [5.41, 5.74) is 8.35. The Balaban J connectivity index is 2.35. The van der Waals surface area contributed by atoms with Crippen LogP contribution in [0.25, 0.3) is 0 Å². The summed E-state index contributed by atoms with van der Waals surface area (Å²) in [5.74, 6) is -0.125. The molecule has 1 aromatic carbocycles. The van der Waals surface area contributed by atoms with Crippen LogP contribution in [-0.2, 0) is 0 Å². The van der Waals surface area contributed by atoms with Crippen LogP contribution in [0.5, 0.6) is 0 Å². The quantitative estimate of drug-likeness (QED) is 0.858. The third kappa shape index (κ3) is 3.11. The van der Waals surface area contributed by atoms with E-state index in [2.05, 4.69) is 26.2 Å². The van der Waals surface area contributed by atoms with Crippen molar-refractivity contribution >= 4 is 44.9 Å². The van der Waals surface area contributed by atoms with Crippen LogP contribution in [0.3, 0.4) is 0 Å². The second-order valence-electron chi connectivity index (χ2n) is 4.44. The molecule has 0 aliphatic carbocycles. The first-order valence-electron chi connectivity index (χ1n) is 5.88. The van der Waals surface area contributed by atoms with E-state index in [-0.39, 0.29) is 22.4 Å². The van der Waals surface area contributed by atoms with Crippen LogP contribution in [0.15, 0.2) is 28.7 Å². The zero-order valence-electron chi connectivity index (χ0n) is 11.0. The highest BCUT2D eigenvalue weighted by atomic mass is 79.9. The van der Waals surface area contributed by atoms with E-state index in [1.807, 2.05) is 26.0 Å². The van der Waals surface area contributed by atoms with Crippen LogP contribution in [0.4, 0.5) is 11.5 Å². The van der Waals surface area contributed by atoms with Crippen molar-refractivity contribution < 1.29 is 4.79 Å². The minimum absolute atomic E-state index is 0.119. The third-order valence-electron chi connectivity index (χ3n) is 2.82. The van der Waals surface area contributed by atoms with Gasteiger partial charge in [-0.25, -0.2) is 4.98 Å². The molecule has 0 bridgehead atoms. The Morgan fingerprint density at radius 2 is 1.90 bits per heavy atom. The van der Waals surface area contributed by atoms with Gasteiger partial charge < -0.3 is 11.1 Å². The average molecular weight is 355 g/mol. The Morgan fingerprint density at radius 3 is 2.50 bits per heavy atom. The van der Waals surface area contributed by atoms with Gasteiger partial charge >= 0.3 is 0 Å². The van der Waals surface area contributed by atoms with Crippen molar-refractivity contribution in [3.63, 3.8) is 0 Å². The minimum atomic E-state index is -0.379. The summed E-state index contributed by atoms with van der Waals surface area (Å²) in [6, 6.07) is 6.96. The Kier molecular flexibility index (Phi) is 4.30. The van der Waals surface area contributed by atoms with Crippen molar-refractivity contribution in [1.29, 1.82) is 0 Å². The fourth-order valence-electron chi connectivity index (χ4n) is 1.90. The number of nitrogens with one attached hydrogen (secondary N) is 1. The van der Waals surface area contributed by atoms with Gasteiger partial charge in [0.05, 0.1) is 5.02 Å². The fraction of sp³-hybridized carbons (Fsp3) is 0.143.